The number of hydrogen-bond acceptors (Lipinski definition) is 2. The van der Waals surface area contributed by atoms with Crippen LogP contribution in [0.5, 0.6) is 0 Å². The van der Waals surface area contributed by atoms with Gasteiger partial charge in [-0.25, -0.2) is 0 Å². The second-order valence-electron chi connectivity index (χ2n) is 5.00. The molecule has 0 aliphatic carbocycles. The lowest BCUT2D eigenvalue weighted by Gasteiger charge is -2.15. The van der Waals surface area contributed by atoms with Crippen LogP contribution in [0.2, 0.25) is 0 Å². The number of likely N-dealkylation sites (tertiary alicyclic amines) is 1. The molecule has 96 valence electrons. The first-order valence-electron chi connectivity index (χ1n) is 6.82. The third-order valence-electron chi connectivity index (χ3n) is 3.62. The van der Waals surface area contributed by atoms with Gasteiger partial charge in [-0.05, 0) is 36.6 Å². The van der Waals surface area contributed by atoms with E-state index in [1.165, 1.54) is 31.5 Å². The van der Waals surface area contributed by atoms with Gasteiger partial charge in [0.25, 0.3) is 0 Å². The topological polar surface area (TPSA) is 29.3 Å². The molecule has 0 spiro atoms. The molecule has 2 heteroatoms. The van der Waals surface area contributed by atoms with E-state index in [4.69, 9.17) is 5.73 Å². The van der Waals surface area contributed by atoms with Gasteiger partial charge in [0.05, 0.1) is 6.54 Å². The molecule has 1 saturated heterocycles. The summed E-state index contributed by atoms with van der Waals surface area (Å²) in [4.78, 5) is 2.55. The second kappa shape index (κ2) is 6.58. The maximum Gasteiger partial charge on any atom is 0.0555 e. The standard InChI is InChI=1S/C16H22N2/c1-2-14-8-10-18(12-14)13-16-6-3-5-15(11-16)7-4-9-17/h3,5-6,11,14H,2,8-10,12-13,17H2,1H3. The van der Waals surface area contributed by atoms with Gasteiger partial charge in [0, 0.05) is 18.7 Å². The lowest BCUT2D eigenvalue weighted by molar-refractivity contribution is 0.315. The van der Waals surface area contributed by atoms with Crippen LogP contribution >= 0.6 is 0 Å². The summed E-state index contributed by atoms with van der Waals surface area (Å²) in [5.74, 6) is 6.90. The molecule has 0 saturated carbocycles. The van der Waals surface area contributed by atoms with E-state index in [0.29, 0.717) is 6.54 Å². The Kier molecular flexibility index (Phi) is 4.81. The van der Waals surface area contributed by atoms with Crippen LogP contribution in [0.4, 0.5) is 0 Å². The van der Waals surface area contributed by atoms with Gasteiger partial charge in [-0.15, -0.1) is 0 Å². The zero-order valence-electron chi connectivity index (χ0n) is 11.2. The molecule has 2 N–H and O–H groups in total. The van der Waals surface area contributed by atoms with E-state index in [0.717, 1.165) is 18.0 Å². The summed E-state index contributed by atoms with van der Waals surface area (Å²) >= 11 is 0. The minimum absolute atomic E-state index is 0.425. The van der Waals surface area contributed by atoms with Crippen molar-refractivity contribution < 1.29 is 0 Å². The lowest BCUT2D eigenvalue weighted by Crippen LogP contribution is -2.19. The molecule has 1 fully saturated rings. The molecular formula is C16H22N2. The van der Waals surface area contributed by atoms with Crippen LogP contribution in [0.3, 0.4) is 0 Å². The average Bonchev–Trinajstić information content (AvgIpc) is 2.84. The van der Waals surface area contributed by atoms with Gasteiger partial charge in [-0.1, -0.05) is 37.3 Å². The smallest absolute Gasteiger partial charge is 0.0555 e. The summed E-state index contributed by atoms with van der Waals surface area (Å²) in [6.07, 6.45) is 2.65. The summed E-state index contributed by atoms with van der Waals surface area (Å²) < 4.78 is 0. The fourth-order valence-corrected chi connectivity index (χ4v) is 2.55. The first kappa shape index (κ1) is 13.1. The Labute approximate surface area is 110 Å². The molecule has 1 atom stereocenters. The number of hydrogen-bond donors (Lipinski definition) is 1. The molecule has 1 aromatic rings. The summed E-state index contributed by atoms with van der Waals surface area (Å²) in [6.45, 7) is 6.24. The van der Waals surface area contributed by atoms with Crippen molar-refractivity contribution in [3.8, 4) is 11.8 Å². The molecule has 18 heavy (non-hydrogen) atoms. The SMILES string of the molecule is CCC1CCN(Cc2cccc(C#CCN)c2)C1. The Balaban J connectivity index is 1.97. The third-order valence-corrected chi connectivity index (χ3v) is 3.62. The third kappa shape index (κ3) is 3.60. The Morgan fingerprint density at radius 3 is 3.06 bits per heavy atom. The Morgan fingerprint density at radius 2 is 2.33 bits per heavy atom. The monoisotopic (exact) mass is 242 g/mol. The molecule has 2 nitrogen and oxygen atoms in total. The normalized spacial score (nSPS) is 19.6. The Bertz CT molecular complexity index is 442. The van der Waals surface area contributed by atoms with Crippen LogP contribution in [-0.4, -0.2) is 24.5 Å². The van der Waals surface area contributed by atoms with E-state index in [1.54, 1.807) is 0 Å². The quantitative estimate of drug-likeness (QED) is 0.824. The van der Waals surface area contributed by atoms with Gasteiger partial charge in [-0.3, -0.25) is 4.90 Å². The van der Waals surface area contributed by atoms with Gasteiger partial charge in [0.2, 0.25) is 0 Å². The predicted octanol–water partition coefficient (Wildman–Crippen LogP) is 2.23. The fourth-order valence-electron chi connectivity index (χ4n) is 2.55. The Morgan fingerprint density at radius 1 is 1.44 bits per heavy atom. The molecule has 0 aromatic heterocycles. The molecular weight excluding hydrogens is 220 g/mol. The van der Waals surface area contributed by atoms with Crippen LogP contribution < -0.4 is 5.73 Å². The summed E-state index contributed by atoms with van der Waals surface area (Å²) in [7, 11) is 0. The van der Waals surface area contributed by atoms with Crippen molar-refractivity contribution in [2.75, 3.05) is 19.6 Å². The number of benzene rings is 1. The molecule has 1 unspecified atom stereocenters. The van der Waals surface area contributed by atoms with E-state index in [9.17, 15) is 0 Å². The van der Waals surface area contributed by atoms with Gasteiger partial charge < -0.3 is 5.73 Å². The van der Waals surface area contributed by atoms with Crippen molar-refractivity contribution in [3.63, 3.8) is 0 Å². The van der Waals surface area contributed by atoms with Crippen LogP contribution in [0.1, 0.15) is 30.9 Å². The predicted molar refractivity (Wildman–Crippen MR) is 76.0 cm³/mol. The molecule has 1 aliphatic rings. The maximum absolute atomic E-state index is 5.40. The van der Waals surface area contributed by atoms with Crippen LogP contribution in [0.15, 0.2) is 24.3 Å². The zero-order chi connectivity index (χ0) is 12.8. The fraction of sp³-hybridized carbons (Fsp3) is 0.500. The first-order chi connectivity index (χ1) is 8.81. The van der Waals surface area contributed by atoms with Crippen LogP contribution in [-0.2, 0) is 6.54 Å². The first-order valence-corrected chi connectivity index (χ1v) is 6.82. The van der Waals surface area contributed by atoms with Crippen molar-refractivity contribution in [3.05, 3.63) is 35.4 Å². The summed E-state index contributed by atoms with van der Waals surface area (Å²) in [6, 6.07) is 8.50. The van der Waals surface area contributed by atoms with Crippen molar-refractivity contribution in [1.82, 2.24) is 4.90 Å². The molecule has 1 heterocycles. The van der Waals surface area contributed by atoms with Crippen molar-refractivity contribution in [2.45, 2.75) is 26.3 Å². The van der Waals surface area contributed by atoms with Crippen LogP contribution in [0, 0.1) is 17.8 Å². The highest BCUT2D eigenvalue weighted by Gasteiger charge is 2.20. The van der Waals surface area contributed by atoms with Gasteiger partial charge in [0.15, 0.2) is 0 Å². The second-order valence-corrected chi connectivity index (χ2v) is 5.00. The Hall–Kier alpha value is -1.30. The van der Waals surface area contributed by atoms with Crippen molar-refractivity contribution >= 4 is 0 Å². The summed E-state index contributed by atoms with van der Waals surface area (Å²) in [5, 5.41) is 0. The number of rotatable bonds is 3. The maximum atomic E-state index is 5.40. The van der Waals surface area contributed by atoms with Gasteiger partial charge in [-0.2, -0.15) is 0 Å². The zero-order valence-corrected chi connectivity index (χ0v) is 11.2. The molecule has 1 aliphatic heterocycles. The number of nitrogens with two attached hydrogens (primary N) is 1. The minimum Gasteiger partial charge on any atom is -0.320 e. The molecule has 2 rings (SSSR count). The van der Waals surface area contributed by atoms with E-state index < -0.39 is 0 Å². The largest absolute Gasteiger partial charge is 0.320 e. The van der Waals surface area contributed by atoms with E-state index in [2.05, 4.69) is 41.9 Å². The average molecular weight is 242 g/mol. The van der Waals surface area contributed by atoms with Crippen LogP contribution in [0.25, 0.3) is 0 Å². The van der Waals surface area contributed by atoms with E-state index in [-0.39, 0.29) is 0 Å². The molecule has 1 aromatic carbocycles. The lowest BCUT2D eigenvalue weighted by atomic mass is 10.1. The van der Waals surface area contributed by atoms with Crippen molar-refractivity contribution in [2.24, 2.45) is 11.7 Å². The van der Waals surface area contributed by atoms with E-state index >= 15 is 0 Å². The van der Waals surface area contributed by atoms with Crippen molar-refractivity contribution in [1.29, 1.82) is 0 Å². The molecule has 0 bridgehead atoms. The van der Waals surface area contributed by atoms with Gasteiger partial charge >= 0.3 is 0 Å². The highest BCUT2D eigenvalue weighted by molar-refractivity contribution is 5.37. The molecule has 0 amide bonds. The summed E-state index contributed by atoms with van der Waals surface area (Å²) in [5.41, 5.74) is 7.83. The van der Waals surface area contributed by atoms with E-state index in [1.807, 2.05) is 6.07 Å². The highest BCUT2D eigenvalue weighted by Crippen LogP contribution is 2.21. The molecule has 0 radical (unpaired) electrons. The number of nitrogens with zero attached hydrogens (tertiary/aromatic N) is 1. The minimum atomic E-state index is 0.425. The van der Waals surface area contributed by atoms with Gasteiger partial charge in [0.1, 0.15) is 0 Å². The highest BCUT2D eigenvalue weighted by atomic mass is 15.1.